The standard InChI is InChI=1S/C29H34N2O/c1-23(2)32-28-12-7-10-25(22-28)11-8-20-31-21-9-13-29(31)24(3)26-14-16-27(17-15-26)30-18-5-4-6-19-30/h7-17,21-23H,3-6,18-20H2,1-2H3/b11-8+. The van der Waals surface area contributed by atoms with E-state index in [0.717, 1.165) is 29.1 Å². The van der Waals surface area contributed by atoms with Gasteiger partial charge in [-0.25, -0.2) is 0 Å². The average molecular weight is 427 g/mol. The second-order valence-electron chi connectivity index (χ2n) is 8.76. The van der Waals surface area contributed by atoms with Crippen LogP contribution in [0.2, 0.25) is 0 Å². The van der Waals surface area contributed by atoms with Gasteiger partial charge >= 0.3 is 0 Å². The Labute approximate surface area is 192 Å². The topological polar surface area (TPSA) is 17.4 Å². The van der Waals surface area contributed by atoms with Crippen LogP contribution in [-0.4, -0.2) is 23.8 Å². The number of aromatic nitrogens is 1. The molecule has 1 aromatic heterocycles. The summed E-state index contributed by atoms with van der Waals surface area (Å²) >= 11 is 0. The maximum absolute atomic E-state index is 5.80. The van der Waals surface area contributed by atoms with Gasteiger partial charge in [-0.1, -0.05) is 43.0 Å². The fourth-order valence-corrected chi connectivity index (χ4v) is 4.29. The summed E-state index contributed by atoms with van der Waals surface area (Å²) in [6.45, 7) is 11.6. The Morgan fingerprint density at radius 1 is 1.00 bits per heavy atom. The molecule has 0 amide bonds. The molecule has 0 unspecified atom stereocenters. The summed E-state index contributed by atoms with van der Waals surface area (Å²) in [5.74, 6) is 0.908. The van der Waals surface area contributed by atoms with Crippen LogP contribution in [0.25, 0.3) is 11.6 Å². The Balaban J connectivity index is 1.42. The van der Waals surface area contributed by atoms with Crippen molar-refractivity contribution in [3.63, 3.8) is 0 Å². The van der Waals surface area contributed by atoms with Crippen molar-refractivity contribution >= 4 is 17.3 Å². The third-order valence-corrected chi connectivity index (χ3v) is 5.92. The second-order valence-corrected chi connectivity index (χ2v) is 8.76. The minimum atomic E-state index is 0.177. The number of nitrogens with zero attached hydrogens (tertiary/aromatic N) is 2. The lowest BCUT2D eigenvalue weighted by Gasteiger charge is -2.29. The van der Waals surface area contributed by atoms with Gasteiger partial charge in [0.2, 0.25) is 0 Å². The van der Waals surface area contributed by atoms with Crippen molar-refractivity contribution in [2.24, 2.45) is 0 Å². The van der Waals surface area contributed by atoms with Crippen molar-refractivity contribution in [1.82, 2.24) is 4.57 Å². The summed E-state index contributed by atoms with van der Waals surface area (Å²) in [6, 6.07) is 21.4. The van der Waals surface area contributed by atoms with Crippen LogP contribution < -0.4 is 9.64 Å². The second kappa shape index (κ2) is 10.4. The maximum Gasteiger partial charge on any atom is 0.120 e. The Bertz CT molecular complexity index is 1050. The van der Waals surface area contributed by atoms with E-state index < -0.39 is 0 Å². The zero-order chi connectivity index (χ0) is 22.3. The fourth-order valence-electron chi connectivity index (χ4n) is 4.29. The number of hydrogen-bond acceptors (Lipinski definition) is 2. The molecule has 0 aliphatic carbocycles. The molecule has 4 rings (SSSR count). The molecule has 3 nitrogen and oxygen atoms in total. The molecule has 3 aromatic rings. The minimum Gasteiger partial charge on any atom is -0.491 e. The van der Waals surface area contributed by atoms with Gasteiger partial charge in [-0.15, -0.1) is 0 Å². The molecule has 1 aliphatic heterocycles. The highest BCUT2D eigenvalue weighted by Crippen LogP contribution is 2.26. The first-order chi connectivity index (χ1) is 15.6. The van der Waals surface area contributed by atoms with Crippen molar-refractivity contribution in [2.75, 3.05) is 18.0 Å². The molecule has 0 bridgehead atoms. The van der Waals surface area contributed by atoms with Crippen LogP contribution in [0.1, 0.15) is 49.9 Å². The zero-order valence-electron chi connectivity index (χ0n) is 19.3. The van der Waals surface area contributed by atoms with Crippen LogP contribution >= 0.6 is 0 Å². The van der Waals surface area contributed by atoms with Gasteiger partial charge in [0.05, 0.1) is 6.10 Å². The fraction of sp³-hybridized carbons (Fsp3) is 0.310. The van der Waals surface area contributed by atoms with Crippen LogP contribution in [0.4, 0.5) is 5.69 Å². The summed E-state index contributed by atoms with van der Waals surface area (Å²) in [5, 5.41) is 0. The van der Waals surface area contributed by atoms with E-state index in [1.807, 2.05) is 26.0 Å². The van der Waals surface area contributed by atoms with Gasteiger partial charge < -0.3 is 14.2 Å². The van der Waals surface area contributed by atoms with Crippen molar-refractivity contribution in [1.29, 1.82) is 0 Å². The summed E-state index contributed by atoms with van der Waals surface area (Å²) in [7, 11) is 0. The first kappa shape index (κ1) is 22.0. The van der Waals surface area contributed by atoms with Gasteiger partial charge in [-0.05, 0) is 86.2 Å². The van der Waals surface area contributed by atoms with Crippen LogP contribution in [-0.2, 0) is 6.54 Å². The van der Waals surface area contributed by atoms with Gasteiger partial charge in [0.1, 0.15) is 5.75 Å². The lowest BCUT2D eigenvalue weighted by atomic mass is 10.0. The molecular formula is C29H34N2O. The molecule has 2 heterocycles. The van der Waals surface area contributed by atoms with Crippen molar-refractivity contribution in [3.05, 3.63) is 96.3 Å². The van der Waals surface area contributed by atoms with E-state index in [2.05, 4.69) is 82.9 Å². The predicted octanol–water partition coefficient (Wildman–Crippen LogP) is 7.04. The summed E-state index contributed by atoms with van der Waals surface area (Å²) in [4.78, 5) is 2.49. The quantitative estimate of drug-likeness (QED) is 0.384. The number of ether oxygens (including phenoxy) is 1. The third kappa shape index (κ3) is 5.53. The lowest BCUT2D eigenvalue weighted by Crippen LogP contribution is -2.29. The van der Waals surface area contributed by atoms with E-state index in [-0.39, 0.29) is 6.10 Å². The molecule has 0 N–H and O–H groups in total. The first-order valence-corrected chi connectivity index (χ1v) is 11.7. The highest BCUT2D eigenvalue weighted by atomic mass is 16.5. The first-order valence-electron chi connectivity index (χ1n) is 11.7. The Morgan fingerprint density at radius 3 is 2.53 bits per heavy atom. The Hall–Kier alpha value is -3.20. The van der Waals surface area contributed by atoms with E-state index in [0.29, 0.717) is 0 Å². The van der Waals surface area contributed by atoms with E-state index in [4.69, 9.17) is 4.74 Å². The molecule has 1 fully saturated rings. The smallest absolute Gasteiger partial charge is 0.120 e. The van der Waals surface area contributed by atoms with Gasteiger partial charge in [0.15, 0.2) is 0 Å². The third-order valence-electron chi connectivity index (χ3n) is 5.92. The van der Waals surface area contributed by atoms with Crippen LogP contribution in [0, 0.1) is 0 Å². The van der Waals surface area contributed by atoms with Crippen LogP contribution in [0.15, 0.2) is 79.5 Å². The van der Waals surface area contributed by atoms with Gasteiger partial charge in [0.25, 0.3) is 0 Å². The van der Waals surface area contributed by atoms with Crippen LogP contribution in [0.3, 0.4) is 0 Å². The Kier molecular flexibility index (Phi) is 7.16. The number of allylic oxidation sites excluding steroid dienone is 1. The molecule has 0 spiro atoms. The molecular weight excluding hydrogens is 392 g/mol. The maximum atomic E-state index is 5.80. The van der Waals surface area contributed by atoms with Crippen molar-refractivity contribution in [3.8, 4) is 5.75 Å². The van der Waals surface area contributed by atoms with E-state index in [1.165, 1.54) is 43.6 Å². The zero-order valence-corrected chi connectivity index (χ0v) is 19.3. The number of rotatable bonds is 8. The number of hydrogen-bond donors (Lipinski definition) is 0. The number of benzene rings is 2. The number of piperidine rings is 1. The summed E-state index contributed by atoms with van der Waals surface area (Å²) in [5.41, 5.74) is 5.85. The Morgan fingerprint density at radius 2 is 1.78 bits per heavy atom. The molecule has 2 aromatic carbocycles. The number of anilines is 1. The minimum absolute atomic E-state index is 0.177. The molecule has 32 heavy (non-hydrogen) atoms. The van der Waals surface area contributed by atoms with Crippen molar-refractivity contribution < 1.29 is 4.74 Å². The molecule has 0 saturated carbocycles. The van der Waals surface area contributed by atoms with Gasteiger partial charge in [0, 0.05) is 37.2 Å². The normalized spacial score (nSPS) is 14.3. The summed E-state index contributed by atoms with van der Waals surface area (Å²) < 4.78 is 8.04. The molecule has 1 saturated heterocycles. The largest absolute Gasteiger partial charge is 0.491 e. The molecule has 3 heteroatoms. The lowest BCUT2D eigenvalue weighted by molar-refractivity contribution is 0.242. The predicted molar refractivity (Wildman–Crippen MR) is 136 cm³/mol. The van der Waals surface area contributed by atoms with Crippen LogP contribution in [0.5, 0.6) is 5.75 Å². The molecule has 0 atom stereocenters. The van der Waals surface area contributed by atoms with Gasteiger partial charge in [-0.2, -0.15) is 0 Å². The SMILES string of the molecule is C=C(c1ccc(N2CCCCC2)cc1)c1cccn1C/C=C/c1cccc(OC(C)C)c1. The van der Waals surface area contributed by atoms with Crippen molar-refractivity contribution in [2.45, 2.75) is 45.8 Å². The van der Waals surface area contributed by atoms with E-state index in [1.54, 1.807) is 0 Å². The molecule has 1 aliphatic rings. The molecule has 166 valence electrons. The highest BCUT2D eigenvalue weighted by Gasteiger charge is 2.12. The van der Waals surface area contributed by atoms with Gasteiger partial charge in [-0.3, -0.25) is 0 Å². The summed E-state index contributed by atoms with van der Waals surface area (Å²) in [6.07, 6.45) is 10.6. The average Bonchev–Trinajstić information content (AvgIpc) is 3.28. The molecule has 0 radical (unpaired) electrons. The highest BCUT2D eigenvalue weighted by molar-refractivity contribution is 5.77. The van der Waals surface area contributed by atoms with E-state index >= 15 is 0 Å². The van der Waals surface area contributed by atoms with E-state index in [9.17, 15) is 0 Å². The monoisotopic (exact) mass is 426 g/mol.